The van der Waals surface area contributed by atoms with Crippen LogP contribution in [0.1, 0.15) is 24.0 Å². The highest BCUT2D eigenvalue weighted by atomic mass is 16.6. The van der Waals surface area contributed by atoms with E-state index in [-0.39, 0.29) is 11.6 Å². The van der Waals surface area contributed by atoms with Gasteiger partial charge in [-0.3, -0.25) is 10.1 Å². The van der Waals surface area contributed by atoms with E-state index in [1.165, 1.54) is 12.1 Å². The minimum absolute atomic E-state index is 0.0271. The number of aldehydes is 1. The molecule has 0 bridgehead atoms. The molecule has 0 fully saturated rings. The van der Waals surface area contributed by atoms with Gasteiger partial charge in [-0.05, 0) is 18.1 Å². The fraction of sp³-hybridized carbons (Fsp3) is 0.300. The summed E-state index contributed by atoms with van der Waals surface area (Å²) in [4.78, 5) is 20.6. The second kappa shape index (κ2) is 4.00. The van der Waals surface area contributed by atoms with Gasteiger partial charge in [-0.25, -0.2) is 0 Å². The van der Waals surface area contributed by atoms with Crippen molar-refractivity contribution in [2.45, 2.75) is 19.8 Å². The van der Waals surface area contributed by atoms with Crippen LogP contribution in [0, 0.1) is 17.0 Å². The predicted molar refractivity (Wildman–Crippen MR) is 52.3 cm³/mol. The van der Waals surface area contributed by atoms with Crippen molar-refractivity contribution in [1.29, 1.82) is 0 Å². The first-order valence-electron chi connectivity index (χ1n) is 4.26. The van der Waals surface area contributed by atoms with Crippen molar-refractivity contribution in [3.8, 4) is 0 Å². The van der Waals surface area contributed by atoms with Crippen molar-refractivity contribution < 1.29 is 9.72 Å². The molecule has 1 aromatic rings. The molecular formula is C10H11NO3. The average molecular weight is 193 g/mol. The standard InChI is InChI=1S/C10H11NO3/c1-7-3-4-9(11(13)14)5-10(7)8(2)6-12/h3-6,8H,1-2H3. The molecule has 1 unspecified atom stereocenters. The van der Waals surface area contributed by atoms with Crippen LogP contribution in [0.4, 0.5) is 5.69 Å². The lowest BCUT2D eigenvalue weighted by Crippen LogP contribution is -1.99. The Morgan fingerprint density at radius 1 is 1.50 bits per heavy atom. The maximum Gasteiger partial charge on any atom is 0.269 e. The van der Waals surface area contributed by atoms with Gasteiger partial charge < -0.3 is 4.79 Å². The molecule has 0 aliphatic carbocycles. The molecule has 1 aromatic carbocycles. The van der Waals surface area contributed by atoms with Crippen molar-refractivity contribution >= 4 is 12.0 Å². The van der Waals surface area contributed by atoms with Gasteiger partial charge >= 0.3 is 0 Å². The second-order valence-corrected chi connectivity index (χ2v) is 3.22. The fourth-order valence-corrected chi connectivity index (χ4v) is 1.31. The molecule has 1 rings (SSSR count). The number of benzene rings is 1. The summed E-state index contributed by atoms with van der Waals surface area (Å²) < 4.78 is 0. The average Bonchev–Trinajstić information content (AvgIpc) is 2.17. The summed E-state index contributed by atoms with van der Waals surface area (Å²) in [5.74, 6) is -0.296. The number of rotatable bonds is 3. The SMILES string of the molecule is Cc1ccc([N+](=O)[O-])cc1C(C)C=O. The van der Waals surface area contributed by atoms with E-state index >= 15 is 0 Å². The maximum atomic E-state index is 10.6. The Balaban J connectivity index is 3.20. The summed E-state index contributed by atoms with van der Waals surface area (Å²) in [6.07, 6.45) is 0.784. The van der Waals surface area contributed by atoms with Gasteiger partial charge in [0.2, 0.25) is 0 Å². The number of carbonyl (C=O) groups excluding carboxylic acids is 1. The van der Waals surface area contributed by atoms with Crippen LogP contribution in [0.25, 0.3) is 0 Å². The number of nitro benzene ring substituents is 1. The molecule has 0 radical (unpaired) electrons. The van der Waals surface area contributed by atoms with Crippen LogP contribution >= 0.6 is 0 Å². The minimum atomic E-state index is -0.458. The van der Waals surface area contributed by atoms with Crippen LogP contribution in [0.3, 0.4) is 0 Å². The number of hydrogen-bond donors (Lipinski definition) is 0. The number of aryl methyl sites for hydroxylation is 1. The number of hydrogen-bond acceptors (Lipinski definition) is 3. The molecule has 0 aliphatic rings. The predicted octanol–water partition coefficient (Wildman–Crippen LogP) is 2.21. The number of nitrogens with zero attached hydrogens (tertiary/aromatic N) is 1. The molecule has 0 aliphatic heterocycles. The van der Waals surface area contributed by atoms with Crippen LogP contribution in [0.2, 0.25) is 0 Å². The Labute approximate surface area is 81.7 Å². The Morgan fingerprint density at radius 3 is 2.64 bits per heavy atom. The molecule has 0 N–H and O–H groups in total. The largest absolute Gasteiger partial charge is 0.303 e. The summed E-state index contributed by atoms with van der Waals surface area (Å²) in [6, 6.07) is 4.55. The number of nitro groups is 1. The van der Waals surface area contributed by atoms with Crippen LogP contribution in [0.5, 0.6) is 0 Å². The van der Waals surface area contributed by atoms with Crippen LogP contribution in [-0.2, 0) is 4.79 Å². The van der Waals surface area contributed by atoms with Crippen molar-refractivity contribution in [3.05, 3.63) is 39.4 Å². The normalized spacial score (nSPS) is 12.1. The summed E-state index contributed by atoms with van der Waals surface area (Å²) >= 11 is 0. The summed E-state index contributed by atoms with van der Waals surface area (Å²) in [5, 5.41) is 10.5. The zero-order valence-corrected chi connectivity index (χ0v) is 8.06. The first-order valence-corrected chi connectivity index (χ1v) is 4.26. The quantitative estimate of drug-likeness (QED) is 0.420. The highest BCUT2D eigenvalue weighted by Crippen LogP contribution is 2.23. The van der Waals surface area contributed by atoms with Gasteiger partial charge in [0.1, 0.15) is 6.29 Å². The third-order valence-electron chi connectivity index (χ3n) is 2.17. The van der Waals surface area contributed by atoms with Gasteiger partial charge in [0.25, 0.3) is 5.69 Å². The lowest BCUT2D eigenvalue weighted by atomic mass is 9.97. The zero-order chi connectivity index (χ0) is 10.7. The van der Waals surface area contributed by atoms with Gasteiger partial charge in [0, 0.05) is 18.1 Å². The Morgan fingerprint density at radius 2 is 2.14 bits per heavy atom. The lowest BCUT2D eigenvalue weighted by Gasteiger charge is -2.07. The Hall–Kier alpha value is -1.71. The van der Waals surface area contributed by atoms with Gasteiger partial charge in [-0.2, -0.15) is 0 Å². The molecule has 1 atom stereocenters. The third-order valence-corrected chi connectivity index (χ3v) is 2.17. The van der Waals surface area contributed by atoms with Gasteiger partial charge in [-0.1, -0.05) is 13.0 Å². The molecule has 0 spiro atoms. The van der Waals surface area contributed by atoms with E-state index < -0.39 is 4.92 Å². The molecule has 0 saturated carbocycles. The molecule has 4 heteroatoms. The lowest BCUT2D eigenvalue weighted by molar-refractivity contribution is -0.384. The van der Waals surface area contributed by atoms with E-state index in [9.17, 15) is 14.9 Å². The first kappa shape index (κ1) is 10.4. The number of carbonyl (C=O) groups is 1. The molecule has 0 aromatic heterocycles. The monoisotopic (exact) mass is 193 g/mol. The van der Waals surface area contributed by atoms with Crippen LogP contribution in [-0.4, -0.2) is 11.2 Å². The molecular weight excluding hydrogens is 182 g/mol. The summed E-state index contributed by atoms with van der Waals surface area (Å²) in [7, 11) is 0. The van der Waals surface area contributed by atoms with Crippen molar-refractivity contribution in [2.24, 2.45) is 0 Å². The van der Waals surface area contributed by atoms with Crippen molar-refractivity contribution in [3.63, 3.8) is 0 Å². The molecule has 0 amide bonds. The summed E-state index contributed by atoms with van der Waals surface area (Å²) in [5.41, 5.74) is 1.64. The highest BCUT2D eigenvalue weighted by molar-refractivity contribution is 5.63. The van der Waals surface area contributed by atoms with Crippen LogP contribution in [0.15, 0.2) is 18.2 Å². The van der Waals surface area contributed by atoms with E-state index in [1.54, 1.807) is 13.0 Å². The van der Waals surface area contributed by atoms with Gasteiger partial charge in [0.15, 0.2) is 0 Å². The maximum absolute atomic E-state index is 10.6. The minimum Gasteiger partial charge on any atom is -0.303 e. The van der Waals surface area contributed by atoms with E-state index in [0.717, 1.165) is 11.8 Å². The van der Waals surface area contributed by atoms with E-state index in [1.807, 2.05) is 6.92 Å². The Kier molecular flexibility index (Phi) is 2.96. The van der Waals surface area contributed by atoms with Crippen molar-refractivity contribution in [1.82, 2.24) is 0 Å². The Bertz CT molecular complexity index is 374. The van der Waals surface area contributed by atoms with Gasteiger partial charge in [0.05, 0.1) is 4.92 Å². The van der Waals surface area contributed by atoms with E-state index in [2.05, 4.69) is 0 Å². The van der Waals surface area contributed by atoms with E-state index in [0.29, 0.717) is 5.56 Å². The van der Waals surface area contributed by atoms with Crippen LogP contribution < -0.4 is 0 Å². The zero-order valence-electron chi connectivity index (χ0n) is 8.06. The summed E-state index contributed by atoms with van der Waals surface area (Å²) in [6.45, 7) is 3.55. The first-order chi connectivity index (χ1) is 6.56. The molecule has 0 saturated heterocycles. The van der Waals surface area contributed by atoms with E-state index in [4.69, 9.17) is 0 Å². The second-order valence-electron chi connectivity index (χ2n) is 3.22. The fourth-order valence-electron chi connectivity index (χ4n) is 1.31. The third kappa shape index (κ3) is 1.96. The molecule has 74 valence electrons. The topological polar surface area (TPSA) is 60.2 Å². The smallest absolute Gasteiger partial charge is 0.269 e. The molecule has 4 nitrogen and oxygen atoms in total. The number of non-ortho nitro benzene ring substituents is 1. The molecule has 14 heavy (non-hydrogen) atoms. The highest BCUT2D eigenvalue weighted by Gasteiger charge is 2.12. The van der Waals surface area contributed by atoms with Crippen molar-refractivity contribution in [2.75, 3.05) is 0 Å². The molecule has 0 heterocycles. The van der Waals surface area contributed by atoms with Gasteiger partial charge in [-0.15, -0.1) is 0 Å².